The van der Waals surface area contributed by atoms with Crippen LogP contribution in [0.15, 0.2) is 0 Å². The maximum absolute atomic E-state index is 11.1. The van der Waals surface area contributed by atoms with Crippen LogP contribution < -0.4 is 5.73 Å². The number of carboxylic acid groups (broad SMARTS) is 1. The Balaban J connectivity index is 2.28. The van der Waals surface area contributed by atoms with E-state index < -0.39 is 48.8 Å². The molecule has 0 spiro atoms. The van der Waals surface area contributed by atoms with Crippen LogP contribution in [0.2, 0.25) is 0 Å². The zero-order chi connectivity index (χ0) is 12.8. The summed E-state index contributed by atoms with van der Waals surface area (Å²) in [5.74, 6) is -3.37. The van der Waals surface area contributed by atoms with Crippen LogP contribution in [0.3, 0.4) is 0 Å². The Morgan fingerprint density at radius 1 is 1.53 bits per heavy atom. The molecule has 6 N–H and O–H groups in total. The van der Waals surface area contributed by atoms with Gasteiger partial charge in [0.05, 0.1) is 18.8 Å². The highest BCUT2D eigenvalue weighted by Gasteiger charge is 2.62. The number of fused-ring (bicyclic) bond motifs is 2. The molecule has 17 heavy (non-hydrogen) atoms. The number of ether oxygens (including phenoxy) is 2. The van der Waals surface area contributed by atoms with Crippen molar-refractivity contribution in [2.24, 2.45) is 5.73 Å². The van der Waals surface area contributed by atoms with Gasteiger partial charge in [-0.25, -0.2) is 4.79 Å². The molecule has 8 nitrogen and oxygen atoms in total. The Kier molecular flexibility index (Phi) is 3.10. The number of carbonyl (C=O) groups is 1. The van der Waals surface area contributed by atoms with Gasteiger partial charge in [-0.3, -0.25) is 0 Å². The zero-order valence-electron chi connectivity index (χ0n) is 8.89. The van der Waals surface area contributed by atoms with E-state index in [1.807, 2.05) is 0 Å². The number of rotatable bonds is 3. The molecule has 0 amide bonds. The van der Waals surface area contributed by atoms with Gasteiger partial charge in [-0.15, -0.1) is 0 Å². The molecule has 6 atom stereocenters. The normalized spacial score (nSPS) is 46.8. The predicted molar refractivity (Wildman–Crippen MR) is 51.8 cm³/mol. The molecule has 98 valence electrons. The lowest BCUT2D eigenvalue weighted by Crippen LogP contribution is -2.57. The van der Waals surface area contributed by atoms with Crippen LogP contribution in [-0.4, -0.2) is 69.2 Å². The second-order valence-corrected chi connectivity index (χ2v) is 4.32. The van der Waals surface area contributed by atoms with E-state index in [0.717, 1.165) is 0 Å². The Morgan fingerprint density at radius 3 is 2.71 bits per heavy atom. The summed E-state index contributed by atoms with van der Waals surface area (Å²) in [5, 5.41) is 37.1. The van der Waals surface area contributed by atoms with Crippen LogP contribution in [0.1, 0.15) is 6.42 Å². The Bertz CT molecular complexity index is 324. The summed E-state index contributed by atoms with van der Waals surface area (Å²) in [4.78, 5) is 11.1. The summed E-state index contributed by atoms with van der Waals surface area (Å²) in [5.41, 5.74) is 5.66. The second kappa shape index (κ2) is 4.16. The van der Waals surface area contributed by atoms with Crippen LogP contribution in [0.25, 0.3) is 0 Å². The van der Waals surface area contributed by atoms with Crippen molar-refractivity contribution in [1.29, 1.82) is 0 Å². The highest BCUT2D eigenvalue weighted by atomic mass is 16.8. The van der Waals surface area contributed by atoms with Gasteiger partial charge in [0.1, 0.15) is 18.3 Å². The molecule has 0 aromatic carbocycles. The van der Waals surface area contributed by atoms with Crippen molar-refractivity contribution >= 4 is 5.97 Å². The number of carboxylic acids is 1. The molecule has 2 aliphatic heterocycles. The molecule has 2 saturated heterocycles. The number of hydrogen-bond donors (Lipinski definition) is 5. The van der Waals surface area contributed by atoms with Gasteiger partial charge in [-0.2, -0.15) is 0 Å². The molecule has 2 bridgehead atoms. The number of nitrogens with two attached hydrogens (primary N) is 1. The lowest BCUT2D eigenvalue weighted by Gasteiger charge is -2.34. The summed E-state index contributed by atoms with van der Waals surface area (Å²) in [6.07, 6.45) is -4.74. The van der Waals surface area contributed by atoms with Gasteiger partial charge in [0, 0.05) is 6.42 Å². The van der Waals surface area contributed by atoms with Gasteiger partial charge in [0.25, 0.3) is 5.79 Å². The van der Waals surface area contributed by atoms with Gasteiger partial charge in [-0.1, -0.05) is 0 Å². The van der Waals surface area contributed by atoms with E-state index >= 15 is 0 Å². The van der Waals surface area contributed by atoms with Gasteiger partial charge in [-0.05, 0) is 0 Å². The Hall–Kier alpha value is -0.770. The molecule has 2 aliphatic rings. The highest BCUT2D eigenvalue weighted by molar-refractivity contribution is 5.76. The molecule has 2 rings (SSSR count). The zero-order valence-corrected chi connectivity index (χ0v) is 8.89. The first kappa shape index (κ1) is 12.7. The maximum atomic E-state index is 11.1. The third-order valence-corrected chi connectivity index (χ3v) is 3.17. The molecular formula is C9H15NO7. The minimum absolute atomic E-state index is 0.311. The molecule has 0 aromatic heterocycles. The van der Waals surface area contributed by atoms with E-state index in [0.29, 0.717) is 0 Å². The van der Waals surface area contributed by atoms with Crippen molar-refractivity contribution in [3.05, 3.63) is 0 Å². The Morgan fingerprint density at radius 2 is 2.18 bits per heavy atom. The molecule has 2 fully saturated rings. The van der Waals surface area contributed by atoms with Crippen molar-refractivity contribution in [3.63, 3.8) is 0 Å². The molecule has 0 aromatic rings. The summed E-state index contributed by atoms with van der Waals surface area (Å²) in [7, 11) is 0. The second-order valence-electron chi connectivity index (χ2n) is 4.32. The van der Waals surface area contributed by atoms with Crippen LogP contribution >= 0.6 is 0 Å². The quantitative estimate of drug-likeness (QED) is 0.356. The first-order valence-corrected chi connectivity index (χ1v) is 5.23. The average Bonchev–Trinajstić information content (AvgIpc) is 2.63. The minimum Gasteiger partial charge on any atom is -0.477 e. The molecule has 2 heterocycles. The summed E-state index contributed by atoms with van der Waals surface area (Å²) >= 11 is 0. The number of hydrogen-bond acceptors (Lipinski definition) is 7. The van der Waals surface area contributed by atoms with Crippen LogP contribution in [0, 0.1) is 0 Å². The molecule has 0 aliphatic carbocycles. The predicted octanol–water partition coefficient (Wildman–Crippen LogP) is -3.00. The van der Waals surface area contributed by atoms with Gasteiger partial charge < -0.3 is 35.6 Å². The largest absolute Gasteiger partial charge is 0.477 e. The van der Waals surface area contributed by atoms with Crippen molar-refractivity contribution in [3.8, 4) is 0 Å². The summed E-state index contributed by atoms with van der Waals surface area (Å²) in [6, 6.07) is -0.865. The van der Waals surface area contributed by atoms with E-state index in [4.69, 9.17) is 25.4 Å². The fraction of sp³-hybridized carbons (Fsp3) is 0.889. The minimum atomic E-state index is -1.99. The van der Waals surface area contributed by atoms with Crippen LogP contribution in [-0.2, 0) is 14.3 Å². The maximum Gasteiger partial charge on any atom is 0.364 e. The first-order chi connectivity index (χ1) is 7.91. The van der Waals surface area contributed by atoms with Crippen molar-refractivity contribution in [2.45, 2.75) is 42.7 Å². The molecular weight excluding hydrogens is 234 g/mol. The lowest BCUT2D eigenvalue weighted by molar-refractivity contribution is -0.233. The van der Waals surface area contributed by atoms with Crippen molar-refractivity contribution in [2.75, 3.05) is 6.61 Å². The fourth-order valence-corrected chi connectivity index (χ4v) is 2.22. The third kappa shape index (κ3) is 1.82. The number of aliphatic hydroxyl groups is 3. The van der Waals surface area contributed by atoms with E-state index in [2.05, 4.69) is 0 Å². The van der Waals surface area contributed by atoms with Crippen molar-refractivity contribution in [1.82, 2.24) is 0 Å². The van der Waals surface area contributed by atoms with E-state index in [9.17, 15) is 15.0 Å². The van der Waals surface area contributed by atoms with Crippen molar-refractivity contribution < 1.29 is 34.7 Å². The SMILES string of the molecule is N[C@H]1[C@H]2O[C@@](C(=O)O)(C[C@@H]1O)O[C@@H]2C(O)CO. The van der Waals surface area contributed by atoms with E-state index in [1.165, 1.54) is 0 Å². The Labute approximate surface area is 96.6 Å². The van der Waals surface area contributed by atoms with Gasteiger partial charge in [0.15, 0.2) is 0 Å². The molecule has 1 unspecified atom stereocenters. The third-order valence-electron chi connectivity index (χ3n) is 3.17. The molecule has 0 radical (unpaired) electrons. The molecule has 8 heteroatoms. The van der Waals surface area contributed by atoms with Crippen LogP contribution in [0.5, 0.6) is 0 Å². The highest BCUT2D eigenvalue weighted by Crippen LogP contribution is 2.41. The monoisotopic (exact) mass is 249 g/mol. The van der Waals surface area contributed by atoms with E-state index in [-0.39, 0.29) is 6.42 Å². The topological polar surface area (TPSA) is 142 Å². The van der Waals surface area contributed by atoms with Crippen LogP contribution in [0.4, 0.5) is 0 Å². The van der Waals surface area contributed by atoms with Gasteiger partial charge in [0.2, 0.25) is 0 Å². The van der Waals surface area contributed by atoms with E-state index in [1.54, 1.807) is 0 Å². The lowest BCUT2D eigenvalue weighted by atomic mass is 9.93. The summed E-state index contributed by atoms with van der Waals surface area (Å²) in [6.45, 7) is -0.608. The standard InChI is InChI=1S/C9H15NO7/c10-5-3(12)1-9(8(14)15)16-6(4(13)2-11)7(5)17-9/h3-7,11-13H,1-2,10H2,(H,14,15)/t3-,4?,5+,6+,7+,9+/m0/s1. The fourth-order valence-electron chi connectivity index (χ4n) is 2.22. The number of aliphatic carboxylic acids is 1. The number of aliphatic hydroxyl groups excluding tert-OH is 3. The summed E-state index contributed by atoms with van der Waals surface area (Å²) < 4.78 is 10.3. The molecule has 0 saturated carbocycles. The first-order valence-electron chi connectivity index (χ1n) is 5.23. The average molecular weight is 249 g/mol. The van der Waals surface area contributed by atoms with Gasteiger partial charge >= 0.3 is 5.97 Å². The smallest absolute Gasteiger partial charge is 0.364 e.